The molecule has 5 rings (SSSR count). The molecule has 1 fully saturated rings. The van der Waals surface area contributed by atoms with Crippen LogP contribution >= 0.6 is 0 Å². The van der Waals surface area contributed by atoms with Crippen LogP contribution in [-0.2, 0) is 31.5 Å². The molecule has 2 aliphatic rings. The Balaban J connectivity index is 1.41. The first-order valence-corrected chi connectivity index (χ1v) is 13.6. The number of aromatic nitrogens is 3. The first-order valence-electron chi connectivity index (χ1n) is 12.2. The van der Waals surface area contributed by atoms with Gasteiger partial charge in [0.15, 0.2) is 5.82 Å². The molecule has 39 heavy (non-hydrogen) atoms. The Hall–Kier alpha value is -3.75. The zero-order valence-electron chi connectivity index (χ0n) is 21.1. The average Bonchev–Trinajstić information content (AvgIpc) is 3.55. The molecule has 2 amide bonds. The summed E-state index contributed by atoms with van der Waals surface area (Å²) in [7, 11) is -4.29. The Morgan fingerprint density at radius 1 is 1.18 bits per heavy atom. The number of hydrogen-bond donors (Lipinski definition) is 3. The van der Waals surface area contributed by atoms with Crippen molar-refractivity contribution in [2.45, 2.75) is 49.6 Å². The first-order chi connectivity index (χ1) is 18.5. The number of halogens is 2. The second kappa shape index (κ2) is 10.1. The summed E-state index contributed by atoms with van der Waals surface area (Å²) in [4.78, 5) is 29.3. The fourth-order valence-electron chi connectivity index (χ4n) is 4.80. The number of ether oxygens (including phenoxy) is 1. The standard InChI is InChI=1S/C25H26F2N6O5S/c1-25(2)13-33(39(36,37)16-9-14(26)8-15(27)10-16)12-18-21(25)31-32-22(18)30-23(34)17-5-6-28-11-19(17)29-24(35)20-4-3-7-38-20/h5-6,8-11,20H,3-4,7,12-13H2,1-2H3,(H,29,35)(H2,30,31,32,34)/t20-/m1/s1. The molecule has 206 valence electrons. The predicted octanol–water partition coefficient (Wildman–Crippen LogP) is 2.93. The normalized spacial score (nSPS) is 18.9. The molecule has 0 radical (unpaired) electrons. The van der Waals surface area contributed by atoms with Gasteiger partial charge in [0.2, 0.25) is 10.0 Å². The minimum absolute atomic E-state index is 0.000181. The minimum atomic E-state index is -4.29. The topological polar surface area (TPSA) is 146 Å². The number of anilines is 2. The average molecular weight is 561 g/mol. The Kier molecular flexibility index (Phi) is 6.95. The molecule has 3 N–H and O–H groups in total. The second-order valence-corrected chi connectivity index (χ2v) is 12.0. The van der Waals surface area contributed by atoms with Crippen molar-refractivity contribution in [2.75, 3.05) is 23.8 Å². The molecule has 3 aromatic rings. The molecule has 2 aliphatic heterocycles. The van der Waals surface area contributed by atoms with Crippen molar-refractivity contribution in [1.82, 2.24) is 19.5 Å². The van der Waals surface area contributed by atoms with E-state index in [1.54, 1.807) is 13.8 Å². The lowest BCUT2D eigenvalue weighted by Crippen LogP contribution is -2.45. The van der Waals surface area contributed by atoms with Gasteiger partial charge < -0.3 is 15.4 Å². The SMILES string of the molecule is CC1(C)CN(S(=O)(=O)c2cc(F)cc(F)c2)Cc2c(NC(=O)c3ccncc3NC(=O)[C@H]3CCCO3)n[nH]c21. The van der Waals surface area contributed by atoms with Crippen molar-refractivity contribution in [1.29, 1.82) is 0 Å². The van der Waals surface area contributed by atoms with Crippen LogP contribution in [0.2, 0.25) is 0 Å². The summed E-state index contributed by atoms with van der Waals surface area (Å²) in [6.45, 7) is 3.85. The number of carbonyl (C=O) groups is 2. The van der Waals surface area contributed by atoms with Gasteiger partial charge in [0, 0.05) is 48.6 Å². The lowest BCUT2D eigenvalue weighted by atomic mass is 9.84. The van der Waals surface area contributed by atoms with Gasteiger partial charge in [-0.05, 0) is 31.0 Å². The van der Waals surface area contributed by atoms with E-state index in [2.05, 4.69) is 25.8 Å². The van der Waals surface area contributed by atoms with E-state index >= 15 is 0 Å². The van der Waals surface area contributed by atoms with Gasteiger partial charge in [-0.3, -0.25) is 19.7 Å². The van der Waals surface area contributed by atoms with E-state index in [1.807, 2.05) is 0 Å². The van der Waals surface area contributed by atoms with Crippen molar-refractivity contribution in [2.24, 2.45) is 0 Å². The number of hydrogen-bond acceptors (Lipinski definition) is 7. The summed E-state index contributed by atoms with van der Waals surface area (Å²) in [5.41, 5.74) is 0.523. The minimum Gasteiger partial charge on any atom is -0.368 e. The van der Waals surface area contributed by atoms with Crippen LogP contribution in [0.5, 0.6) is 0 Å². The summed E-state index contributed by atoms with van der Waals surface area (Å²) < 4.78 is 60.8. The molecule has 1 atom stereocenters. The van der Waals surface area contributed by atoms with E-state index in [0.717, 1.165) is 22.9 Å². The predicted molar refractivity (Wildman–Crippen MR) is 135 cm³/mol. The maximum absolute atomic E-state index is 13.8. The van der Waals surface area contributed by atoms with Crippen LogP contribution in [0.25, 0.3) is 0 Å². The van der Waals surface area contributed by atoms with E-state index in [1.165, 1.54) is 18.5 Å². The molecule has 0 spiro atoms. The number of nitrogens with zero attached hydrogens (tertiary/aromatic N) is 3. The number of nitrogens with one attached hydrogen (secondary N) is 3. The maximum atomic E-state index is 13.8. The van der Waals surface area contributed by atoms with E-state index in [9.17, 15) is 26.8 Å². The quantitative estimate of drug-likeness (QED) is 0.420. The van der Waals surface area contributed by atoms with Crippen LogP contribution < -0.4 is 10.6 Å². The molecule has 1 aromatic carbocycles. The number of benzene rings is 1. The number of fused-ring (bicyclic) bond motifs is 1. The number of sulfonamides is 1. The fourth-order valence-corrected chi connectivity index (χ4v) is 6.41. The summed E-state index contributed by atoms with van der Waals surface area (Å²) >= 11 is 0. The summed E-state index contributed by atoms with van der Waals surface area (Å²) in [6.07, 6.45) is 3.47. The zero-order chi connectivity index (χ0) is 27.9. The molecule has 0 saturated carbocycles. The monoisotopic (exact) mass is 560 g/mol. The zero-order valence-corrected chi connectivity index (χ0v) is 21.9. The van der Waals surface area contributed by atoms with Crippen LogP contribution in [0, 0.1) is 11.6 Å². The van der Waals surface area contributed by atoms with Gasteiger partial charge in [-0.25, -0.2) is 17.2 Å². The third kappa shape index (κ3) is 5.27. The van der Waals surface area contributed by atoms with Gasteiger partial charge in [-0.2, -0.15) is 9.40 Å². The van der Waals surface area contributed by atoms with Crippen LogP contribution in [0.4, 0.5) is 20.3 Å². The van der Waals surface area contributed by atoms with Gasteiger partial charge in [-0.1, -0.05) is 13.8 Å². The molecule has 2 aromatic heterocycles. The number of aromatic amines is 1. The molecule has 0 bridgehead atoms. The molecule has 4 heterocycles. The highest BCUT2D eigenvalue weighted by Crippen LogP contribution is 2.38. The van der Waals surface area contributed by atoms with Gasteiger partial charge >= 0.3 is 0 Å². The highest BCUT2D eigenvalue weighted by molar-refractivity contribution is 7.89. The number of H-pyrrole nitrogens is 1. The van der Waals surface area contributed by atoms with Gasteiger partial charge in [0.1, 0.15) is 17.7 Å². The second-order valence-electron chi connectivity index (χ2n) is 10.1. The maximum Gasteiger partial charge on any atom is 0.259 e. The van der Waals surface area contributed by atoms with Gasteiger partial charge in [0.25, 0.3) is 11.8 Å². The van der Waals surface area contributed by atoms with Crippen molar-refractivity contribution in [3.8, 4) is 0 Å². The Morgan fingerprint density at radius 3 is 2.62 bits per heavy atom. The Labute approximate surface area is 223 Å². The molecular weight excluding hydrogens is 534 g/mol. The van der Waals surface area contributed by atoms with Crippen molar-refractivity contribution < 1.29 is 31.5 Å². The number of pyridine rings is 1. The van der Waals surface area contributed by atoms with Crippen LogP contribution in [0.15, 0.2) is 41.6 Å². The van der Waals surface area contributed by atoms with E-state index in [-0.39, 0.29) is 36.1 Å². The van der Waals surface area contributed by atoms with Crippen molar-refractivity contribution >= 4 is 33.3 Å². The van der Waals surface area contributed by atoms with Crippen molar-refractivity contribution in [3.05, 3.63) is 65.1 Å². The van der Waals surface area contributed by atoms with Crippen LogP contribution in [0.1, 0.15) is 48.3 Å². The van der Waals surface area contributed by atoms with Gasteiger partial charge in [0.05, 0.1) is 22.3 Å². The van der Waals surface area contributed by atoms with Crippen molar-refractivity contribution in [3.63, 3.8) is 0 Å². The van der Waals surface area contributed by atoms with E-state index < -0.39 is 44.0 Å². The van der Waals surface area contributed by atoms with Crippen LogP contribution in [0.3, 0.4) is 0 Å². The third-order valence-corrected chi connectivity index (χ3v) is 8.47. The molecular formula is C25H26F2N6O5S. The number of rotatable bonds is 6. The molecule has 14 heteroatoms. The Morgan fingerprint density at radius 2 is 1.92 bits per heavy atom. The van der Waals surface area contributed by atoms with E-state index in [0.29, 0.717) is 30.4 Å². The van der Waals surface area contributed by atoms with Crippen LogP contribution in [-0.4, -0.2) is 59.0 Å². The van der Waals surface area contributed by atoms with E-state index in [4.69, 9.17) is 4.74 Å². The first kappa shape index (κ1) is 26.8. The smallest absolute Gasteiger partial charge is 0.259 e. The summed E-state index contributed by atoms with van der Waals surface area (Å²) in [5.74, 6) is -2.94. The lowest BCUT2D eigenvalue weighted by Gasteiger charge is -2.36. The summed E-state index contributed by atoms with van der Waals surface area (Å²) in [6, 6.07) is 3.54. The Bertz CT molecular complexity index is 1530. The van der Waals surface area contributed by atoms with Gasteiger partial charge in [-0.15, -0.1) is 0 Å². The number of carbonyl (C=O) groups excluding carboxylic acids is 2. The molecule has 0 unspecified atom stereocenters. The third-order valence-electron chi connectivity index (χ3n) is 6.70. The molecule has 11 nitrogen and oxygen atoms in total. The number of amides is 2. The highest BCUT2D eigenvalue weighted by atomic mass is 32.2. The lowest BCUT2D eigenvalue weighted by molar-refractivity contribution is -0.124. The molecule has 1 saturated heterocycles. The highest BCUT2D eigenvalue weighted by Gasteiger charge is 2.41. The summed E-state index contributed by atoms with van der Waals surface area (Å²) in [5, 5.41) is 12.5. The molecule has 0 aliphatic carbocycles. The fraction of sp³-hybridized carbons (Fsp3) is 0.360. The largest absolute Gasteiger partial charge is 0.368 e.